The summed E-state index contributed by atoms with van der Waals surface area (Å²) in [5.74, 6) is 0.238. The number of nitrogens with zero attached hydrogens (tertiary/aromatic N) is 1. The second-order valence-electron chi connectivity index (χ2n) is 6.11. The van der Waals surface area contributed by atoms with Gasteiger partial charge >= 0.3 is 6.03 Å². The monoisotopic (exact) mass is 328 g/mol. The molecule has 2 atom stereocenters. The first kappa shape index (κ1) is 15.1. The molecule has 2 amide bonds. The van der Waals surface area contributed by atoms with Crippen LogP contribution in [0.25, 0.3) is 0 Å². The molecule has 1 saturated heterocycles. The molecule has 1 aliphatic heterocycles. The summed E-state index contributed by atoms with van der Waals surface area (Å²) >= 11 is 7.37. The van der Waals surface area contributed by atoms with Gasteiger partial charge in [-0.1, -0.05) is 24.4 Å². The molecule has 4 nitrogen and oxygen atoms in total. The summed E-state index contributed by atoms with van der Waals surface area (Å²) in [4.78, 5) is 15.2. The summed E-state index contributed by atoms with van der Waals surface area (Å²) in [7, 11) is 0. The first-order valence-corrected chi connectivity index (χ1v) is 8.76. The quantitative estimate of drug-likeness (QED) is 0.875. The Kier molecular flexibility index (Phi) is 4.43. The predicted octanol–water partition coefficient (Wildman–Crippen LogP) is 3.24. The predicted molar refractivity (Wildman–Crippen MR) is 84.7 cm³/mol. The molecule has 2 fully saturated rings. The van der Waals surface area contributed by atoms with Crippen LogP contribution in [0.5, 0.6) is 0 Å². The first-order chi connectivity index (χ1) is 10.1. The Morgan fingerprint density at radius 1 is 1.48 bits per heavy atom. The van der Waals surface area contributed by atoms with Gasteiger partial charge in [0.05, 0.1) is 16.5 Å². The van der Waals surface area contributed by atoms with E-state index in [4.69, 9.17) is 11.6 Å². The van der Waals surface area contributed by atoms with Crippen LogP contribution in [-0.2, 0) is 6.54 Å². The molecule has 2 aliphatic rings. The maximum atomic E-state index is 12.3. The zero-order valence-corrected chi connectivity index (χ0v) is 13.6. The highest BCUT2D eigenvalue weighted by atomic mass is 35.5. The van der Waals surface area contributed by atoms with E-state index in [1.165, 1.54) is 11.3 Å². The molecule has 0 aromatic carbocycles. The molecule has 6 heteroatoms. The molecule has 2 heterocycles. The van der Waals surface area contributed by atoms with E-state index in [1.54, 1.807) is 0 Å². The number of rotatable bonds is 2. The number of urea groups is 1. The average Bonchev–Trinajstić information content (AvgIpc) is 2.89. The Hall–Kier alpha value is -0.780. The number of thiophene rings is 1. The highest BCUT2D eigenvalue weighted by Gasteiger charge is 2.43. The minimum atomic E-state index is -0.531. The smallest absolute Gasteiger partial charge is 0.317 e. The van der Waals surface area contributed by atoms with Crippen molar-refractivity contribution in [2.24, 2.45) is 5.92 Å². The van der Waals surface area contributed by atoms with Crippen molar-refractivity contribution >= 4 is 29.0 Å². The van der Waals surface area contributed by atoms with Crippen molar-refractivity contribution in [2.45, 2.75) is 44.2 Å². The van der Waals surface area contributed by atoms with Gasteiger partial charge in [-0.15, -0.1) is 11.3 Å². The van der Waals surface area contributed by atoms with Crippen LogP contribution in [0.4, 0.5) is 4.79 Å². The molecule has 2 N–H and O–H groups in total. The van der Waals surface area contributed by atoms with Gasteiger partial charge in [-0.25, -0.2) is 4.79 Å². The number of halogens is 1. The largest absolute Gasteiger partial charge is 0.389 e. The van der Waals surface area contributed by atoms with E-state index in [9.17, 15) is 9.90 Å². The molecular weight excluding hydrogens is 308 g/mol. The lowest BCUT2D eigenvalue weighted by atomic mass is 9.71. The van der Waals surface area contributed by atoms with E-state index in [1.807, 2.05) is 17.0 Å². The standard InChI is InChI=1S/C15H21ClN2O2S/c16-13-5-4-12(21-13)9-17-14(19)18-8-7-15(20)6-2-1-3-11(15)10-18/h4-5,11,20H,1-3,6-10H2,(H,17,19). The number of carbonyl (C=O) groups is 1. The van der Waals surface area contributed by atoms with Gasteiger partial charge in [-0.05, 0) is 31.4 Å². The summed E-state index contributed by atoms with van der Waals surface area (Å²) < 4.78 is 0.740. The number of hydrogen-bond donors (Lipinski definition) is 2. The van der Waals surface area contributed by atoms with Crippen molar-refractivity contribution in [3.8, 4) is 0 Å². The van der Waals surface area contributed by atoms with Crippen LogP contribution in [0.1, 0.15) is 37.0 Å². The summed E-state index contributed by atoms with van der Waals surface area (Å²) in [6, 6.07) is 3.74. The van der Waals surface area contributed by atoms with E-state index < -0.39 is 5.60 Å². The Labute approximate surface area is 134 Å². The van der Waals surface area contributed by atoms with E-state index >= 15 is 0 Å². The van der Waals surface area contributed by atoms with Crippen LogP contribution >= 0.6 is 22.9 Å². The third kappa shape index (κ3) is 3.35. The van der Waals surface area contributed by atoms with Crippen molar-refractivity contribution in [3.63, 3.8) is 0 Å². The van der Waals surface area contributed by atoms with Crippen LogP contribution < -0.4 is 5.32 Å². The number of amides is 2. The molecule has 0 bridgehead atoms. The van der Waals surface area contributed by atoms with Gasteiger partial charge in [-0.2, -0.15) is 0 Å². The Bertz CT molecular complexity index is 522. The van der Waals surface area contributed by atoms with Gasteiger partial charge in [-0.3, -0.25) is 0 Å². The summed E-state index contributed by atoms with van der Waals surface area (Å²) in [6.07, 6.45) is 4.89. The molecule has 21 heavy (non-hydrogen) atoms. The molecule has 0 radical (unpaired) electrons. The molecule has 3 rings (SSSR count). The van der Waals surface area contributed by atoms with Crippen LogP contribution in [0.15, 0.2) is 12.1 Å². The van der Waals surface area contributed by atoms with Crippen molar-refractivity contribution in [1.82, 2.24) is 10.2 Å². The normalized spacial score (nSPS) is 29.0. The van der Waals surface area contributed by atoms with Crippen LogP contribution in [-0.4, -0.2) is 34.7 Å². The second-order valence-corrected chi connectivity index (χ2v) is 7.91. The number of nitrogens with one attached hydrogen (secondary N) is 1. The Morgan fingerprint density at radius 3 is 3.10 bits per heavy atom. The van der Waals surface area contributed by atoms with Crippen molar-refractivity contribution in [2.75, 3.05) is 13.1 Å². The first-order valence-electron chi connectivity index (χ1n) is 7.56. The number of carbonyl (C=O) groups excluding carboxylic acids is 1. The van der Waals surface area contributed by atoms with Crippen LogP contribution in [0.3, 0.4) is 0 Å². The molecule has 1 aliphatic carbocycles. The minimum absolute atomic E-state index is 0.0351. The van der Waals surface area contributed by atoms with Crippen LogP contribution in [0, 0.1) is 5.92 Å². The third-order valence-electron chi connectivity index (χ3n) is 4.76. The van der Waals surface area contributed by atoms with Crippen molar-refractivity contribution < 1.29 is 9.90 Å². The molecule has 0 spiro atoms. The van der Waals surface area contributed by atoms with Crippen molar-refractivity contribution in [1.29, 1.82) is 0 Å². The summed E-state index contributed by atoms with van der Waals surface area (Å²) in [5, 5.41) is 13.6. The second kappa shape index (κ2) is 6.15. The number of fused-ring (bicyclic) bond motifs is 1. The van der Waals surface area contributed by atoms with Gasteiger partial charge in [0, 0.05) is 23.9 Å². The lowest BCUT2D eigenvalue weighted by Gasteiger charge is -2.47. The minimum Gasteiger partial charge on any atom is -0.389 e. The Morgan fingerprint density at radius 2 is 2.33 bits per heavy atom. The van der Waals surface area contributed by atoms with E-state index in [2.05, 4.69) is 5.32 Å². The average molecular weight is 329 g/mol. The van der Waals surface area contributed by atoms with Gasteiger partial charge < -0.3 is 15.3 Å². The van der Waals surface area contributed by atoms with E-state index in [0.29, 0.717) is 26.1 Å². The number of piperidine rings is 1. The molecule has 1 aromatic heterocycles. The lowest BCUT2D eigenvalue weighted by molar-refractivity contribution is -0.0870. The SMILES string of the molecule is O=C(NCc1ccc(Cl)s1)N1CCC2(O)CCCCC2C1. The summed E-state index contributed by atoms with van der Waals surface area (Å²) in [6.45, 7) is 1.83. The number of hydrogen-bond acceptors (Lipinski definition) is 3. The number of aliphatic hydroxyl groups is 1. The zero-order valence-electron chi connectivity index (χ0n) is 12.0. The maximum Gasteiger partial charge on any atom is 0.317 e. The van der Waals surface area contributed by atoms with E-state index in [0.717, 1.165) is 34.9 Å². The van der Waals surface area contributed by atoms with Gasteiger partial charge in [0.1, 0.15) is 0 Å². The van der Waals surface area contributed by atoms with Gasteiger partial charge in [0.25, 0.3) is 0 Å². The molecular formula is C15H21ClN2O2S. The highest BCUT2D eigenvalue weighted by Crippen LogP contribution is 2.39. The van der Waals surface area contributed by atoms with Gasteiger partial charge in [0.15, 0.2) is 0 Å². The van der Waals surface area contributed by atoms with Crippen molar-refractivity contribution in [3.05, 3.63) is 21.3 Å². The molecule has 1 saturated carbocycles. The third-order valence-corrected chi connectivity index (χ3v) is 5.99. The van der Waals surface area contributed by atoms with E-state index in [-0.39, 0.29) is 11.9 Å². The fourth-order valence-corrected chi connectivity index (χ4v) is 4.50. The fourth-order valence-electron chi connectivity index (χ4n) is 3.48. The maximum absolute atomic E-state index is 12.3. The fraction of sp³-hybridized carbons (Fsp3) is 0.667. The summed E-state index contributed by atoms with van der Waals surface area (Å²) in [5.41, 5.74) is -0.531. The van der Waals surface area contributed by atoms with Crippen LogP contribution in [0.2, 0.25) is 4.34 Å². The number of likely N-dealkylation sites (tertiary alicyclic amines) is 1. The topological polar surface area (TPSA) is 52.6 Å². The molecule has 116 valence electrons. The Balaban J connectivity index is 1.54. The molecule has 2 unspecified atom stereocenters. The van der Waals surface area contributed by atoms with Gasteiger partial charge in [0.2, 0.25) is 0 Å². The lowest BCUT2D eigenvalue weighted by Crippen LogP contribution is -2.56. The zero-order chi connectivity index (χ0) is 14.9. The molecule has 1 aromatic rings. The highest BCUT2D eigenvalue weighted by molar-refractivity contribution is 7.16.